The predicted molar refractivity (Wildman–Crippen MR) is 77.4 cm³/mol. The van der Waals surface area contributed by atoms with Gasteiger partial charge in [-0.3, -0.25) is 5.32 Å². The quantitative estimate of drug-likeness (QED) is 0.798. The molecule has 1 heterocycles. The maximum atomic E-state index is 4.65. The van der Waals surface area contributed by atoms with Crippen LogP contribution in [0.2, 0.25) is 0 Å². The van der Waals surface area contributed by atoms with Crippen LogP contribution in [0.1, 0.15) is 45.7 Å². The maximum Gasteiger partial charge on any atom is 0.127 e. The normalized spacial score (nSPS) is 15.6. The Morgan fingerprint density at radius 2 is 2.11 bits per heavy atom. The summed E-state index contributed by atoms with van der Waals surface area (Å²) in [6.07, 6.45) is 5.93. The van der Waals surface area contributed by atoms with Gasteiger partial charge >= 0.3 is 0 Å². The molecule has 0 bridgehead atoms. The van der Waals surface area contributed by atoms with Gasteiger partial charge in [0.05, 0.1) is 12.4 Å². The van der Waals surface area contributed by atoms with E-state index in [4.69, 9.17) is 0 Å². The van der Waals surface area contributed by atoms with Gasteiger partial charge in [0.1, 0.15) is 5.82 Å². The van der Waals surface area contributed by atoms with E-state index in [1.54, 1.807) is 0 Å². The van der Waals surface area contributed by atoms with E-state index in [1.807, 2.05) is 6.07 Å². The second-order valence-electron chi connectivity index (χ2n) is 5.81. The number of nitrogens with one attached hydrogen (secondary N) is 2. The molecule has 18 heavy (non-hydrogen) atoms. The van der Waals surface area contributed by atoms with Crippen molar-refractivity contribution in [2.45, 2.75) is 45.6 Å². The van der Waals surface area contributed by atoms with Crippen LogP contribution in [0, 0.1) is 0 Å². The lowest BCUT2D eigenvalue weighted by Gasteiger charge is -2.21. The van der Waals surface area contributed by atoms with Crippen molar-refractivity contribution in [3.63, 3.8) is 0 Å². The molecule has 1 aliphatic rings. The standard InChI is InChI=1S/C15H23N3/c1-15(2,3)17-11-16-14-10-6-9-13(18-14)12-7-4-5-8-12/h6-7,9-10,17H,4-5,8,11H2,1-3H3,(H,16,18). The van der Waals surface area contributed by atoms with E-state index in [1.165, 1.54) is 18.4 Å². The van der Waals surface area contributed by atoms with Crippen molar-refractivity contribution in [1.82, 2.24) is 10.3 Å². The molecule has 0 aromatic carbocycles. The second-order valence-corrected chi connectivity index (χ2v) is 5.81. The Morgan fingerprint density at radius 3 is 2.78 bits per heavy atom. The van der Waals surface area contributed by atoms with Gasteiger partial charge in [0.15, 0.2) is 0 Å². The van der Waals surface area contributed by atoms with Crippen LogP contribution in [0.25, 0.3) is 5.57 Å². The first-order valence-electron chi connectivity index (χ1n) is 6.70. The lowest BCUT2D eigenvalue weighted by molar-refractivity contribution is 0.442. The first kappa shape index (κ1) is 13.1. The monoisotopic (exact) mass is 245 g/mol. The van der Waals surface area contributed by atoms with Crippen molar-refractivity contribution >= 4 is 11.4 Å². The van der Waals surface area contributed by atoms with E-state index < -0.39 is 0 Å². The number of rotatable bonds is 4. The number of anilines is 1. The average Bonchev–Trinajstić information content (AvgIpc) is 2.81. The molecule has 98 valence electrons. The number of aromatic nitrogens is 1. The Hall–Kier alpha value is -1.35. The van der Waals surface area contributed by atoms with E-state index in [2.05, 4.69) is 54.6 Å². The van der Waals surface area contributed by atoms with Crippen molar-refractivity contribution in [3.8, 4) is 0 Å². The SMILES string of the molecule is CC(C)(C)NCNc1cccc(C2=CCCC2)n1. The predicted octanol–water partition coefficient (Wildman–Crippen LogP) is 3.41. The van der Waals surface area contributed by atoms with Crippen LogP contribution in [0.5, 0.6) is 0 Å². The molecule has 0 radical (unpaired) electrons. The number of hydrogen-bond donors (Lipinski definition) is 2. The molecule has 3 heteroatoms. The van der Waals surface area contributed by atoms with E-state index in [9.17, 15) is 0 Å². The second kappa shape index (κ2) is 5.53. The fraction of sp³-hybridized carbons (Fsp3) is 0.533. The Labute approximate surface area is 110 Å². The van der Waals surface area contributed by atoms with Gasteiger partial charge in [0.25, 0.3) is 0 Å². The summed E-state index contributed by atoms with van der Waals surface area (Å²) in [7, 11) is 0. The van der Waals surface area contributed by atoms with E-state index in [0.29, 0.717) is 0 Å². The van der Waals surface area contributed by atoms with Crippen LogP contribution in [0.15, 0.2) is 24.3 Å². The highest BCUT2D eigenvalue weighted by atomic mass is 15.1. The molecule has 0 saturated carbocycles. The van der Waals surface area contributed by atoms with E-state index in [-0.39, 0.29) is 5.54 Å². The Bertz CT molecular complexity index is 430. The van der Waals surface area contributed by atoms with Crippen LogP contribution in [-0.4, -0.2) is 17.2 Å². The zero-order chi connectivity index (χ0) is 13.0. The molecular formula is C15H23N3. The van der Waals surface area contributed by atoms with Gasteiger partial charge in [-0.25, -0.2) is 4.98 Å². The van der Waals surface area contributed by atoms with Gasteiger partial charge < -0.3 is 5.32 Å². The minimum Gasteiger partial charge on any atom is -0.357 e. The highest BCUT2D eigenvalue weighted by Crippen LogP contribution is 2.26. The summed E-state index contributed by atoms with van der Waals surface area (Å²) >= 11 is 0. The number of nitrogens with zero attached hydrogens (tertiary/aromatic N) is 1. The molecule has 0 spiro atoms. The molecule has 0 unspecified atom stereocenters. The molecule has 1 aromatic rings. The molecular weight excluding hydrogens is 222 g/mol. The average molecular weight is 245 g/mol. The van der Waals surface area contributed by atoms with Crippen molar-refractivity contribution in [3.05, 3.63) is 30.0 Å². The zero-order valence-corrected chi connectivity index (χ0v) is 11.6. The first-order chi connectivity index (χ1) is 8.54. The van der Waals surface area contributed by atoms with E-state index in [0.717, 1.165) is 24.6 Å². The molecule has 0 fully saturated rings. The summed E-state index contributed by atoms with van der Waals surface area (Å²) < 4.78 is 0. The molecule has 0 aliphatic heterocycles. The largest absolute Gasteiger partial charge is 0.357 e. The topological polar surface area (TPSA) is 37.0 Å². The van der Waals surface area contributed by atoms with Crippen LogP contribution in [0.3, 0.4) is 0 Å². The molecule has 3 nitrogen and oxygen atoms in total. The number of hydrogen-bond acceptors (Lipinski definition) is 3. The van der Waals surface area contributed by atoms with E-state index >= 15 is 0 Å². The minimum atomic E-state index is 0.124. The third-order valence-corrected chi connectivity index (χ3v) is 3.01. The molecule has 2 N–H and O–H groups in total. The van der Waals surface area contributed by atoms with Crippen molar-refractivity contribution in [2.75, 3.05) is 12.0 Å². The van der Waals surface area contributed by atoms with Crippen molar-refractivity contribution in [1.29, 1.82) is 0 Å². The minimum absolute atomic E-state index is 0.124. The highest BCUT2D eigenvalue weighted by molar-refractivity contribution is 5.65. The van der Waals surface area contributed by atoms with Gasteiger partial charge in [-0.05, 0) is 57.7 Å². The van der Waals surface area contributed by atoms with Crippen LogP contribution in [0.4, 0.5) is 5.82 Å². The van der Waals surface area contributed by atoms with Gasteiger partial charge in [0.2, 0.25) is 0 Å². The Kier molecular flexibility index (Phi) is 4.02. The lowest BCUT2D eigenvalue weighted by atomic mass is 10.1. The molecule has 2 rings (SSSR count). The summed E-state index contributed by atoms with van der Waals surface area (Å²) in [5.41, 5.74) is 2.63. The van der Waals surface area contributed by atoms with Gasteiger partial charge in [-0.15, -0.1) is 0 Å². The third-order valence-electron chi connectivity index (χ3n) is 3.01. The summed E-state index contributed by atoms with van der Waals surface area (Å²) in [6, 6.07) is 6.18. The summed E-state index contributed by atoms with van der Waals surface area (Å²) in [5, 5.41) is 6.71. The Morgan fingerprint density at radius 1 is 1.28 bits per heavy atom. The van der Waals surface area contributed by atoms with Crippen LogP contribution in [-0.2, 0) is 0 Å². The number of pyridine rings is 1. The molecule has 0 saturated heterocycles. The molecule has 0 amide bonds. The zero-order valence-electron chi connectivity index (χ0n) is 11.6. The Balaban J connectivity index is 1.95. The fourth-order valence-electron chi connectivity index (χ4n) is 2.02. The number of allylic oxidation sites excluding steroid dienone is 2. The fourth-order valence-corrected chi connectivity index (χ4v) is 2.02. The molecule has 1 aromatic heterocycles. The summed E-state index contributed by atoms with van der Waals surface area (Å²) in [6.45, 7) is 7.20. The maximum absolute atomic E-state index is 4.65. The third kappa shape index (κ3) is 3.84. The van der Waals surface area contributed by atoms with Crippen molar-refractivity contribution < 1.29 is 0 Å². The van der Waals surface area contributed by atoms with Crippen molar-refractivity contribution in [2.24, 2.45) is 0 Å². The molecule has 0 atom stereocenters. The summed E-state index contributed by atoms with van der Waals surface area (Å²) in [4.78, 5) is 4.65. The van der Waals surface area contributed by atoms with Crippen LogP contribution >= 0.6 is 0 Å². The van der Waals surface area contributed by atoms with Gasteiger partial charge in [-0.1, -0.05) is 12.1 Å². The van der Waals surface area contributed by atoms with Gasteiger partial charge in [-0.2, -0.15) is 0 Å². The highest BCUT2D eigenvalue weighted by Gasteiger charge is 2.10. The smallest absolute Gasteiger partial charge is 0.127 e. The summed E-state index contributed by atoms with van der Waals surface area (Å²) in [5.74, 6) is 0.942. The lowest BCUT2D eigenvalue weighted by Crippen LogP contribution is -2.39. The van der Waals surface area contributed by atoms with Crippen LogP contribution < -0.4 is 10.6 Å². The first-order valence-corrected chi connectivity index (χ1v) is 6.70. The van der Waals surface area contributed by atoms with Gasteiger partial charge in [0, 0.05) is 5.54 Å². The molecule has 1 aliphatic carbocycles.